The average molecular weight is 351 g/mol. The van der Waals surface area contributed by atoms with Crippen LogP contribution in [0.2, 0.25) is 0 Å². The molecule has 0 bridgehead atoms. The van der Waals surface area contributed by atoms with E-state index in [1.54, 1.807) is 0 Å². The molecule has 0 fully saturated rings. The molecule has 1 heterocycles. The van der Waals surface area contributed by atoms with Gasteiger partial charge in [0.25, 0.3) is 0 Å². The summed E-state index contributed by atoms with van der Waals surface area (Å²) in [6.07, 6.45) is -0.675. The topological polar surface area (TPSA) is 116 Å². The van der Waals surface area contributed by atoms with Crippen molar-refractivity contribution in [3.05, 3.63) is 20.8 Å². The third-order valence-corrected chi connectivity index (χ3v) is 4.01. The Labute approximate surface area is 120 Å². The van der Waals surface area contributed by atoms with Crippen LogP contribution in [0.4, 0.5) is 4.79 Å². The molecule has 0 aromatic carbocycles. The van der Waals surface area contributed by atoms with Crippen LogP contribution in [-0.4, -0.2) is 34.2 Å². The summed E-state index contributed by atoms with van der Waals surface area (Å²) in [6.45, 7) is 0.226. The Bertz CT molecular complexity index is 490. The summed E-state index contributed by atoms with van der Waals surface area (Å²) in [7, 11) is 0. The maximum atomic E-state index is 11.5. The number of nitrogens with one attached hydrogen (secondary N) is 2. The molecule has 2 amide bonds. The largest absolute Gasteiger partial charge is 0.481 e. The van der Waals surface area contributed by atoms with Gasteiger partial charge in [-0.1, -0.05) is 0 Å². The van der Waals surface area contributed by atoms with Crippen LogP contribution in [0.1, 0.15) is 11.3 Å². The normalized spacial score (nSPS) is 11.6. The van der Waals surface area contributed by atoms with Gasteiger partial charge in [0.15, 0.2) is 0 Å². The molecule has 7 nitrogen and oxygen atoms in total. The van der Waals surface area contributed by atoms with Gasteiger partial charge in [0.2, 0.25) is 0 Å². The Morgan fingerprint density at radius 1 is 1.37 bits per heavy atom. The van der Waals surface area contributed by atoms with E-state index in [1.165, 1.54) is 11.3 Å². The second-order valence-corrected chi connectivity index (χ2v) is 5.36. The number of hydrogen-bond donors (Lipinski definition) is 4. The van der Waals surface area contributed by atoms with E-state index in [9.17, 15) is 14.4 Å². The first-order chi connectivity index (χ1) is 8.90. The van der Waals surface area contributed by atoms with Gasteiger partial charge in [0.1, 0.15) is 6.04 Å². The fourth-order valence-electron chi connectivity index (χ4n) is 1.20. The Morgan fingerprint density at radius 2 is 2.05 bits per heavy atom. The van der Waals surface area contributed by atoms with E-state index in [0.717, 1.165) is 9.35 Å². The summed E-state index contributed by atoms with van der Waals surface area (Å²) in [5.41, 5.74) is 0. The second-order valence-electron chi connectivity index (χ2n) is 3.51. The zero-order valence-corrected chi connectivity index (χ0v) is 12.0. The van der Waals surface area contributed by atoms with Crippen molar-refractivity contribution in [3.63, 3.8) is 0 Å². The summed E-state index contributed by atoms with van der Waals surface area (Å²) < 4.78 is 0.845. The highest BCUT2D eigenvalue weighted by atomic mass is 79.9. The van der Waals surface area contributed by atoms with Crippen molar-refractivity contribution >= 4 is 45.2 Å². The van der Waals surface area contributed by atoms with Crippen LogP contribution >= 0.6 is 27.3 Å². The van der Waals surface area contributed by atoms with Crippen LogP contribution < -0.4 is 10.6 Å². The smallest absolute Gasteiger partial charge is 0.326 e. The van der Waals surface area contributed by atoms with E-state index in [2.05, 4.69) is 26.6 Å². The summed E-state index contributed by atoms with van der Waals surface area (Å²) >= 11 is 4.72. The van der Waals surface area contributed by atoms with E-state index in [-0.39, 0.29) is 6.54 Å². The number of amides is 2. The van der Waals surface area contributed by atoms with E-state index >= 15 is 0 Å². The van der Waals surface area contributed by atoms with Gasteiger partial charge in [-0.05, 0) is 27.4 Å². The van der Waals surface area contributed by atoms with E-state index in [0.29, 0.717) is 0 Å². The lowest BCUT2D eigenvalue weighted by atomic mass is 10.2. The lowest BCUT2D eigenvalue weighted by Crippen LogP contribution is -2.46. The third kappa shape index (κ3) is 5.26. The number of rotatable bonds is 6. The van der Waals surface area contributed by atoms with Crippen LogP contribution in [0.3, 0.4) is 0 Å². The van der Waals surface area contributed by atoms with E-state index in [1.807, 2.05) is 11.4 Å². The van der Waals surface area contributed by atoms with Crippen LogP contribution in [0.5, 0.6) is 0 Å². The summed E-state index contributed by atoms with van der Waals surface area (Å²) in [5, 5.41) is 23.7. The molecule has 0 radical (unpaired) electrons. The second kappa shape index (κ2) is 7.10. The minimum Gasteiger partial charge on any atom is -0.481 e. The van der Waals surface area contributed by atoms with E-state index in [4.69, 9.17) is 10.2 Å². The molecule has 0 aliphatic rings. The molecule has 0 saturated heterocycles. The SMILES string of the molecule is O=C(O)C[C@@H](NC(=O)NCc1sccc1Br)C(=O)O. The molecule has 0 aliphatic carbocycles. The molecule has 4 N–H and O–H groups in total. The molecule has 1 aromatic heterocycles. The monoisotopic (exact) mass is 350 g/mol. The fraction of sp³-hybridized carbons (Fsp3) is 0.300. The van der Waals surface area contributed by atoms with Gasteiger partial charge in [0.05, 0.1) is 13.0 Å². The molecule has 1 atom stereocenters. The Hall–Kier alpha value is -1.61. The lowest BCUT2D eigenvalue weighted by Gasteiger charge is -2.13. The number of carbonyl (C=O) groups is 3. The summed E-state index contributed by atoms with van der Waals surface area (Å²) in [5.74, 6) is -2.69. The number of carboxylic acid groups (broad SMARTS) is 2. The van der Waals surface area contributed by atoms with Gasteiger partial charge < -0.3 is 20.8 Å². The number of urea groups is 1. The molecule has 0 saturated carbocycles. The third-order valence-electron chi connectivity index (χ3n) is 2.08. The van der Waals surface area contributed by atoms with E-state index < -0.39 is 30.4 Å². The fourth-order valence-corrected chi connectivity index (χ4v) is 2.63. The average Bonchev–Trinajstić information content (AvgIpc) is 2.70. The predicted molar refractivity (Wildman–Crippen MR) is 71.1 cm³/mol. The maximum Gasteiger partial charge on any atom is 0.326 e. The highest BCUT2D eigenvalue weighted by Crippen LogP contribution is 2.21. The minimum absolute atomic E-state index is 0.226. The number of halogens is 1. The van der Waals surface area contributed by atoms with Crippen molar-refractivity contribution < 1.29 is 24.6 Å². The lowest BCUT2D eigenvalue weighted by molar-refractivity contribution is -0.145. The predicted octanol–water partition coefficient (Wildman–Crippen LogP) is 1.24. The number of hydrogen-bond acceptors (Lipinski definition) is 4. The zero-order valence-electron chi connectivity index (χ0n) is 9.55. The molecule has 19 heavy (non-hydrogen) atoms. The van der Waals surface area contributed by atoms with Crippen molar-refractivity contribution in [1.82, 2.24) is 10.6 Å². The zero-order chi connectivity index (χ0) is 14.4. The highest BCUT2D eigenvalue weighted by Gasteiger charge is 2.22. The highest BCUT2D eigenvalue weighted by molar-refractivity contribution is 9.10. The summed E-state index contributed by atoms with van der Waals surface area (Å²) in [4.78, 5) is 33.5. The van der Waals surface area contributed by atoms with Crippen LogP contribution in [0, 0.1) is 0 Å². The Kier molecular flexibility index (Phi) is 5.77. The van der Waals surface area contributed by atoms with Crippen molar-refractivity contribution in [3.8, 4) is 0 Å². The number of carboxylic acids is 2. The maximum absolute atomic E-state index is 11.5. The van der Waals surface area contributed by atoms with Crippen LogP contribution in [0.15, 0.2) is 15.9 Å². The van der Waals surface area contributed by atoms with Crippen molar-refractivity contribution in [1.29, 1.82) is 0 Å². The molecule has 104 valence electrons. The number of carbonyl (C=O) groups excluding carboxylic acids is 1. The standard InChI is InChI=1S/C10H11BrN2O5S/c11-5-1-2-19-7(5)4-12-10(18)13-6(9(16)17)3-8(14)15/h1-2,6H,3-4H2,(H,14,15)(H,16,17)(H2,12,13,18)/t6-/m1/s1. The van der Waals surface area contributed by atoms with Gasteiger partial charge in [-0.3, -0.25) is 4.79 Å². The Morgan fingerprint density at radius 3 is 2.53 bits per heavy atom. The van der Waals surface area contributed by atoms with Gasteiger partial charge in [-0.15, -0.1) is 11.3 Å². The van der Waals surface area contributed by atoms with Crippen molar-refractivity contribution in [2.45, 2.75) is 19.0 Å². The Balaban J connectivity index is 2.47. The molecule has 1 aromatic rings. The number of aliphatic carboxylic acids is 2. The molecular weight excluding hydrogens is 340 g/mol. The molecule has 0 spiro atoms. The van der Waals surface area contributed by atoms with Crippen LogP contribution in [0.25, 0.3) is 0 Å². The minimum atomic E-state index is -1.45. The number of thiophene rings is 1. The first-order valence-electron chi connectivity index (χ1n) is 5.11. The molecule has 0 unspecified atom stereocenters. The molecular formula is C10H11BrN2O5S. The first-order valence-corrected chi connectivity index (χ1v) is 6.78. The first kappa shape index (κ1) is 15.4. The molecule has 9 heteroatoms. The van der Waals surface area contributed by atoms with Gasteiger partial charge in [-0.25, -0.2) is 9.59 Å². The molecule has 1 rings (SSSR count). The van der Waals surface area contributed by atoms with Crippen LogP contribution in [-0.2, 0) is 16.1 Å². The quantitative estimate of drug-likeness (QED) is 0.615. The summed E-state index contributed by atoms with van der Waals surface area (Å²) in [6, 6.07) is -0.359. The molecule has 0 aliphatic heterocycles. The van der Waals surface area contributed by atoms with Crippen molar-refractivity contribution in [2.75, 3.05) is 0 Å². The van der Waals surface area contributed by atoms with Gasteiger partial charge in [-0.2, -0.15) is 0 Å². The van der Waals surface area contributed by atoms with Crippen molar-refractivity contribution in [2.24, 2.45) is 0 Å². The van der Waals surface area contributed by atoms with Gasteiger partial charge in [0, 0.05) is 9.35 Å². The van der Waals surface area contributed by atoms with Gasteiger partial charge >= 0.3 is 18.0 Å².